The molecule has 3 saturated heterocycles. The summed E-state index contributed by atoms with van der Waals surface area (Å²) < 4.78 is 116. The molecule has 0 saturated carbocycles. The van der Waals surface area contributed by atoms with E-state index >= 15 is 0 Å². The first-order valence-electron chi connectivity index (χ1n) is 40.4. The van der Waals surface area contributed by atoms with Crippen LogP contribution in [0.4, 0.5) is 17.1 Å². The molecule has 8 aliphatic rings. The zero-order chi connectivity index (χ0) is 82.7. The number of sulfonamides is 3. The zero-order valence-corrected chi connectivity index (χ0v) is 70.3. The standard InChI is InChI=1S/C30H34N2O7S.C30H32N2O6S.C30H32N2O5S2/c1-37-17-5-14-32-25-10-8-21(23-6-4-7-24(29(23)25)30(32)34)18-26(33)20-12-15-31(16-13-20)40(35,36)22-9-11-27(38-2)28(19-22)39-3;1-37-16-3-13-32-26-8-6-21(24-4-2-5-25(29(24)26)30(32)34)19-27(33)20-10-14-31(15-11-20)39(35,36)23-7-9-28-22(18-23)12-17-38-28;1-37-17-5-14-32-25-11-10-21(22-7-4-8-24(29(22)25)30(32)34)18-26(33)20-12-15-31(16-13-20)39(35,36)28-19-38-27-9-3-2-6-23(27)28/h4,6-11,19-20H,5,12-18H2,1-3H3;2,4-9,18,20H,3,10-17,19H2,1H3;2-4,6-11,20,28H,5,12-19H2,1H3. The largest absolute Gasteiger partial charge is 0.493 e. The number of carbonyl (C=O) groups excluding carboxylic acids is 6. The van der Waals surface area contributed by atoms with Crippen LogP contribution in [0.2, 0.25) is 0 Å². The predicted molar refractivity (Wildman–Crippen MR) is 454 cm³/mol. The minimum absolute atomic E-state index is 0.00736. The van der Waals surface area contributed by atoms with Crippen LogP contribution in [-0.4, -0.2) is 200 Å². The number of nitrogens with zero attached hydrogens (tertiary/aromatic N) is 6. The van der Waals surface area contributed by atoms with Crippen LogP contribution in [0, 0.1) is 17.8 Å². The van der Waals surface area contributed by atoms with E-state index in [9.17, 15) is 54.0 Å². The van der Waals surface area contributed by atoms with Gasteiger partial charge in [-0.15, -0.1) is 11.8 Å². The number of ether oxygens (including phenoxy) is 6. The molecule has 0 aromatic heterocycles. The molecule has 8 aliphatic heterocycles. The molecule has 3 fully saturated rings. The van der Waals surface area contributed by atoms with Crippen LogP contribution in [0.15, 0.2) is 166 Å². The normalized spacial score (nSPS) is 17.8. The maximum atomic E-state index is 13.5. The highest BCUT2D eigenvalue weighted by Gasteiger charge is 2.43. The number of ketones is 3. The van der Waals surface area contributed by atoms with Crippen LogP contribution in [-0.2, 0) is 84.3 Å². The number of anilines is 3. The topological polar surface area (TPSA) is 280 Å². The van der Waals surface area contributed by atoms with Crippen LogP contribution < -0.4 is 28.9 Å². The molecule has 17 rings (SSSR count). The molecule has 620 valence electrons. The van der Waals surface area contributed by atoms with Gasteiger partial charge in [0.25, 0.3) is 17.7 Å². The van der Waals surface area contributed by atoms with Crippen LogP contribution >= 0.6 is 11.8 Å². The Balaban J connectivity index is 0.000000138. The summed E-state index contributed by atoms with van der Waals surface area (Å²) in [5.74, 6) is 1.79. The Bertz CT molecular complexity index is 5760. The third-order valence-corrected chi connectivity index (χ3v) is 31.7. The van der Waals surface area contributed by atoms with Crippen molar-refractivity contribution in [3.8, 4) is 17.2 Å². The van der Waals surface area contributed by atoms with Crippen molar-refractivity contribution in [3.63, 3.8) is 0 Å². The van der Waals surface area contributed by atoms with Gasteiger partial charge in [0.15, 0.2) is 11.5 Å². The van der Waals surface area contributed by atoms with Crippen molar-refractivity contribution in [1.29, 1.82) is 0 Å². The van der Waals surface area contributed by atoms with Crippen LogP contribution in [0.3, 0.4) is 0 Å². The average Bonchev–Trinajstić information content (AvgIpc) is 1.61. The van der Waals surface area contributed by atoms with E-state index in [-0.39, 0.29) is 95.0 Å². The highest BCUT2D eigenvalue weighted by atomic mass is 32.2. The molecule has 3 amide bonds. The average molecular weight is 1680 g/mol. The summed E-state index contributed by atoms with van der Waals surface area (Å²) in [6, 6.07) is 46.1. The second-order valence-corrected chi connectivity index (χ2v) is 38.1. The lowest BCUT2D eigenvalue weighted by atomic mass is 9.88. The number of fused-ring (bicyclic) bond motifs is 2. The molecule has 1 unspecified atom stereocenters. The summed E-state index contributed by atoms with van der Waals surface area (Å²) in [5, 5.41) is 4.99. The van der Waals surface area contributed by atoms with E-state index in [0.717, 1.165) is 107 Å². The maximum absolute atomic E-state index is 13.5. The molecule has 8 heterocycles. The van der Waals surface area contributed by atoms with Gasteiger partial charge in [-0.05, 0) is 175 Å². The molecule has 118 heavy (non-hydrogen) atoms. The van der Waals surface area contributed by atoms with Gasteiger partial charge in [-0.2, -0.15) is 8.61 Å². The third-order valence-electron chi connectivity index (χ3n) is 24.3. The molecule has 28 heteroatoms. The molecule has 1 atom stereocenters. The van der Waals surface area contributed by atoms with Gasteiger partial charge in [0.1, 0.15) is 28.3 Å². The van der Waals surface area contributed by atoms with Crippen molar-refractivity contribution in [1.82, 2.24) is 12.9 Å². The second kappa shape index (κ2) is 35.8. The van der Waals surface area contributed by atoms with Crippen molar-refractivity contribution in [2.24, 2.45) is 17.8 Å². The van der Waals surface area contributed by atoms with Gasteiger partial charge in [-0.1, -0.05) is 72.8 Å². The van der Waals surface area contributed by atoms with Gasteiger partial charge < -0.3 is 43.1 Å². The zero-order valence-electron chi connectivity index (χ0n) is 67.0. The first-order valence-corrected chi connectivity index (χ1v) is 45.8. The highest BCUT2D eigenvalue weighted by Crippen LogP contribution is 2.47. The Labute approximate surface area is 693 Å². The lowest BCUT2D eigenvalue weighted by Crippen LogP contribution is -2.42. The Morgan fingerprint density at radius 1 is 0.441 bits per heavy atom. The molecule has 0 spiro atoms. The molecule has 24 nitrogen and oxygen atoms in total. The summed E-state index contributed by atoms with van der Waals surface area (Å²) in [5.41, 5.74) is 9.18. The molecular formula is C90H98N6O18S4. The van der Waals surface area contributed by atoms with E-state index in [1.54, 1.807) is 76.4 Å². The quantitative estimate of drug-likeness (QED) is 0.0394. The smallest absolute Gasteiger partial charge is 0.258 e. The van der Waals surface area contributed by atoms with Gasteiger partial charge in [0, 0.05) is 193 Å². The summed E-state index contributed by atoms with van der Waals surface area (Å²) in [6.45, 7) is 5.97. The minimum Gasteiger partial charge on any atom is -0.493 e. The van der Waals surface area contributed by atoms with E-state index < -0.39 is 35.3 Å². The number of amides is 3. The van der Waals surface area contributed by atoms with E-state index in [1.165, 1.54) is 35.0 Å². The highest BCUT2D eigenvalue weighted by molar-refractivity contribution is 8.01. The van der Waals surface area contributed by atoms with E-state index in [1.807, 2.05) is 115 Å². The summed E-state index contributed by atoms with van der Waals surface area (Å²) in [6.07, 6.45) is 6.71. The van der Waals surface area contributed by atoms with E-state index in [0.29, 0.717) is 151 Å². The Morgan fingerprint density at radius 3 is 1.25 bits per heavy atom. The molecule has 9 aromatic rings. The van der Waals surface area contributed by atoms with Crippen LogP contribution in [0.5, 0.6) is 17.2 Å². The SMILES string of the molecule is COCCCN1C(=O)c2cccc3c(CC(=O)C4CCN(S(=O)(=O)C5CSc6ccccc65)CC4)ccc1c23.COCCCN1C(=O)c2cccc3c(CC(=O)C4CCN(S(=O)(=O)c5ccc(OC)c(OC)c5)CC4)ccc1c23.COCCCN1C(=O)c2cccc3c(CC(=O)C4CCN(S(=O)(=O)c5ccc6c(c5)CCO6)CC4)ccc1c23. The van der Waals surface area contributed by atoms with Gasteiger partial charge in [-0.3, -0.25) is 28.8 Å². The van der Waals surface area contributed by atoms with Crippen LogP contribution in [0.25, 0.3) is 32.3 Å². The number of hydrogen-bond acceptors (Lipinski definition) is 19. The number of methoxy groups -OCH3 is 5. The summed E-state index contributed by atoms with van der Waals surface area (Å²) >= 11 is 1.60. The van der Waals surface area contributed by atoms with E-state index in [2.05, 4.69) is 0 Å². The molecular weight excluding hydrogens is 1580 g/mol. The Kier molecular flexibility index (Phi) is 25.4. The van der Waals surface area contributed by atoms with Crippen molar-refractivity contribution in [3.05, 3.63) is 196 Å². The number of hydrogen-bond donors (Lipinski definition) is 0. The van der Waals surface area contributed by atoms with Crippen molar-refractivity contribution >= 4 is 126 Å². The number of rotatable bonds is 29. The fraction of sp³-hybridized carbons (Fsp3) is 0.400. The monoisotopic (exact) mass is 1680 g/mol. The molecule has 9 aromatic carbocycles. The maximum Gasteiger partial charge on any atom is 0.258 e. The fourth-order valence-corrected chi connectivity index (χ4v) is 24.6. The fourth-order valence-electron chi connectivity index (χ4n) is 18.0. The first kappa shape index (κ1) is 83.6. The Morgan fingerprint density at radius 2 is 0.839 bits per heavy atom. The number of benzene rings is 9. The first-order chi connectivity index (χ1) is 57.1. The summed E-state index contributed by atoms with van der Waals surface area (Å²) in [7, 11) is -2.93. The Hall–Kier alpha value is -9.46. The van der Waals surface area contributed by atoms with Crippen molar-refractivity contribution in [2.45, 2.75) is 103 Å². The number of thioether (sulfide) groups is 1. The number of carbonyl (C=O) groups is 6. The van der Waals surface area contributed by atoms with E-state index in [4.69, 9.17) is 28.4 Å². The summed E-state index contributed by atoms with van der Waals surface area (Å²) in [4.78, 5) is 86.3. The number of Topliss-reactive ketones (excluding diaryl/α,β-unsaturated/α-hetero) is 3. The number of piperidine rings is 3. The molecule has 0 bridgehead atoms. The van der Waals surface area contributed by atoms with Gasteiger partial charge in [0.2, 0.25) is 30.1 Å². The van der Waals surface area contributed by atoms with Crippen molar-refractivity contribution < 1.29 is 82.4 Å². The lowest BCUT2D eigenvalue weighted by Gasteiger charge is -2.32. The van der Waals surface area contributed by atoms with Gasteiger partial charge >= 0.3 is 0 Å². The predicted octanol–water partition coefficient (Wildman–Crippen LogP) is 12.9. The molecule has 0 radical (unpaired) electrons. The van der Waals surface area contributed by atoms with Gasteiger partial charge in [0.05, 0.1) is 47.7 Å². The minimum atomic E-state index is -3.74. The lowest BCUT2D eigenvalue weighted by molar-refractivity contribution is -0.124. The van der Waals surface area contributed by atoms with Gasteiger partial charge in [-0.25, -0.2) is 29.6 Å². The molecule has 0 N–H and O–H groups in total. The second-order valence-electron chi connectivity index (χ2n) is 31.1. The van der Waals surface area contributed by atoms with Crippen molar-refractivity contribution in [2.75, 3.05) is 141 Å². The van der Waals surface area contributed by atoms with Crippen LogP contribution in [0.1, 0.15) is 122 Å². The third kappa shape index (κ3) is 16.5. The molecule has 0 aliphatic carbocycles.